The highest BCUT2D eigenvalue weighted by Gasteiger charge is 2.33. The molecule has 0 saturated carbocycles. The van der Waals surface area contributed by atoms with Gasteiger partial charge in [-0.05, 0) is 37.1 Å². The molecule has 2 saturated heterocycles. The maximum absolute atomic E-state index is 13.6. The first-order chi connectivity index (χ1) is 14.3. The van der Waals surface area contributed by atoms with Crippen LogP contribution in [0.15, 0.2) is 54.9 Å². The third-order valence-corrected chi connectivity index (χ3v) is 5.68. The van der Waals surface area contributed by atoms with Crippen molar-refractivity contribution in [1.29, 1.82) is 0 Å². The smallest absolute Gasteiger partial charge is 0.254 e. The van der Waals surface area contributed by atoms with E-state index < -0.39 is 0 Å². The van der Waals surface area contributed by atoms with E-state index in [0.717, 1.165) is 41.5 Å². The minimum atomic E-state index is -0.189. The Morgan fingerprint density at radius 3 is 2.79 bits per heavy atom. The van der Waals surface area contributed by atoms with Crippen LogP contribution in [-0.2, 0) is 9.47 Å². The fourth-order valence-electron chi connectivity index (χ4n) is 4.25. The Balaban J connectivity index is 1.50. The lowest BCUT2D eigenvalue weighted by atomic mass is 9.96. The van der Waals surface area contributed by atoms with Crippen LogP contribution >= 0.6 is 0 Å². The van der Waals surface area contributed by atoms with Crippen molar-refractivity contribution in [3.8, 4) is 11.3 Å². The molecule has 4 heterocycles. The van der Waals surface area contributed by atoms with Gasteiger partial charge in [-0.1, -0.05) is 18.2 Å². The molecule has 0 spiro atoms. The number of aromatic nitrogens is 2. The third kappa shape index (κ3) is 3.61. The van der Waals surface area contributed by atoms with Crippen LogP contribution < -0.4 is 0 Å². The summed E-state index contributed by atoms with van der Waals surface area (Å²) < 4.78 is 11.4. The Labute approximate surface area is 169 Å². The molecular formula is C23H23N3O3. The van der Waals surface area contributed by atoms with Gasteiger partial charge in [0.2, 0.25) is 0 Å². The number of amides is 1. The van der Waals surface area contributed by atoms with E-state index in [2.05, 4.69) is 4.98 Å². The van der Waals surface area contributed by atoms with Crippen LogP contribution in [0, 0.1) is 5.92 Å². The Hall–Kier alpha value is -2.83. The number of nitrogens with zero attached hydrogens (tertiary/aromatic N) is 3. The minimum absolute atomic E-state index is 0.0384. The molecule has 1 aromatic carbocycles. The summed E-state index contributed by atoms with van der Waals surface area (Å²) in [4.78, 5) is 24.5. The lowest BCUT2D eigenvalue weighted by Crippen LogP contribution is -2.43. The zero-order chi connectivity index (χ0) is 19.6. The van der Waals surface area contributed by atoms with E-state index in [1.807, 2.05) is 47.4 Å². The van der Waals surface area contributed by atoms with Crippen LogP contribution in [0.5, 0.6) is 0 Å². The largest absolute Gasteiger partial charge is 0.350 e. The van der Waals surface area contributed by atoms with Gasteiger partial charge in [-0.3, -0.25) is 9.78 Å². The third-order valence-electron chi connectivity index (χ3n) is 5.68. The SMILES string of the molecule is O=C(c1cc(-c2cccnc2)nc2ccccc12)N1CCCC(C2OCCO2)C1. The number of hydrogen-bond acceptors (Lipinski definition) is 5. The molecule has 6 nitrogen and oxygen atoms in total. The average molecular weight is 389 g/mol. The van der Waals surface area contributed by atoms with Gasteiger partial charge in [-0.25, -0.2) is 4.98 Å². The maximum Gasteiger partial charge on any atom is 0.254 e. The maximum atomic E-state index is 13.6. The molecule has 5 rings (SSSR count). The number of likely N-dealkylation sites (tertiary alicyclic amines) is 1. The summed E-state index contributed by atoms with van der Waals surface area (Å²) in [6.45, 7) is 2.68. The van der Waals surface area contributed by atoms with E-state index in [0.29, 0.717) is 25.3 Å². The lowest BCUT2D eigenvalue weighted by molar-refractivity contribution is -0.0969. The van der Waals surface area contributed by atoms with Gasteiger partial charge in [0.15, 0.2) is 6.29 Å². The molecule has 0 bridgehead atoms. The molecule has 148 valence electrons. The van der Waals surface area contributed by atoms with Crippen molar-refractivity contribution in [1.82, 2.24) is 14.9 Å². The zero-order valence-electron chi connectivity index (χ0n) is 16.2. The molecule has 29 heavy (non-hydrogen) atoms. The molecule has 2 aliphatic rings. The first-order valence-corrected chi connectivity index (χ1v) is 10.1. The average Bonchev–Trinajstić information content (AvgIpc) is 3.34. The summed E-state index contributed by atoms with van der Waals surface area (Å²) in [7, 11) is 0. The Kier molecular flexibility index (Phi) is 4.96. The molecule has 2 aromatic heterocycles. The van der Waals surface area contributed by atoms with Gasteiger partial charge >= 0.3 is 0 Å². The molecule has 6 heteroatoms. The van der Waals surface area contributed by atoms with E-state index in [9.17, 15) is 4.79 Å². The molecule has 1 atom stereocenters. The van der Waals surface area contributed by atoms with E-state index in [4.69, 9.17) is 14.5 Å². The molecule has 1 unspecified atom stereocenters. The summed E-state index contributed by atoms with van der Waals surface area (Å²) >= 11 is 0. The number of hydrogen-bond donors (Lipinski definition) is 0. The number of ether oxygens (including phenoxy) is 2. The number of piperidine rings is 1. The highest BCUT2D eigenvalue weighted by molar-refractivity contribution is 6.07. The molecule has 3 aromatic rings. The molecule has 2 aliphatic heterocycles. The number of pyridine rings is 2. The number of para-hydroxylation sites is 1. The minimum Gasteiger partial charge on any atom is -0.350 e. The van der Waals surface area contributed by atoms with Crippen molar-refractivity contribution in [2.24, 2.45) is 5.92 Å². The van der Waals surface area contributed by atoms with E-state index in [-0.39, 0.29) is 18.1 Å². The van der Waals surface area contributed by atoms with Crippen LogP contribution in [-0.4, -0.2) is 53.4 Å². The molecule has 0 radical (unpaired) electrons. The fraction of sp³-hybridized carbons (Fsp3) is 0.348. The Morgan fingerprint density at radius 2 is 1.97 bits per heavy atom. The quantitative estimate of drug-likeness (QED) is 0.686. The zero-order valence-corrected chi connectivity index (χ0v) is 16.2. The standard InChI is InChI=1S/C23H23N3O3/c27-22(26-10-4-6-17(15-26)23-28-11-12-29-23)19-13-21(16-5-3-9-24-14-16)25-20-8-2-1-7-18(19)20/h1-3,5,7-9,13-14,17,23H,4,6,10-12,15H2. The second-order valence-electron chi connectivity index (χ2n) is 7.58. The first-order valence-electron chi connectivity index (χ1n) is 10.1. The number of carbonyl (C=O) groups is 1. The highest BCUT2D eigenvalue weighted by atomic mass is 16.7. The van der Waals surface area contributed by atoms with Gasteiger partial charge < -0.3 is 14.4 Å². The van der Waals surface area contributed by atoms with Crippen molar-refractivity contribution in [3.05, 3.63) is 60.4 Å². The van der Waals surface area contributed by atoms with Crippen molar-refractivity contribution < 1.29 is 14.3 Å². The van der Waals surface area contributed by atoms with Crippen LogP contribution in [0.25, 0.3) is 22.2 Å². The van der Waals surface area contributed by atoms with Gasteiger partial charge in [0.05, 0.1) is 30.0 Å². The Bertz CT molecular complexity index is 1020. The summed E-state index contributed by atoms with van der Waals surface area (Å²) in [5.74, 6) is 0.262. The van der Waals surface area contributed by atoms with Crippen molar-refractivity contribution in [3.63, 3.8) is 0 Å². The number of fused-ring (bicyclic) bond motifs is 1. The van der Waals surface area contributed by atoms with Gasteiger partial charge in [0.1, 0.15) is 0 Å². The summed E-state index contributed by atoms with van der Waals surface area (Å²) in [5.41, 5.74) is 3.16. The van der Waals surface area contributed by atoms with Crippen LogP contribution in [0.1, 0.15) is 23.2 Å². The van der Waals surface area contributed by atoms with Gasteiger partial charge in [-0.15, -0.1) is 0 Å². The van der Waals surface area contributed by atoms with Gasteiger partial charge in [-0.2, -0.15) is 0 Å². The van der Waals surface area contributed by atoms with Crippen LogP contribution in [0.2, 0.25) is 0 Å². The number of carbonyl (C=O) groups excluding carboxylic acids is 1. The second kappa shape index (κ2) is 7.89. The number of benzene rings is 1. The van der Waals surface area contributed by atoms with Crippen LogP contribution in [0.4, 0.5) is 0 Å². The topological polar surface area (TPSA) is 64.6 Å². The predicted molar refractivity (Wildman–Crippen MR) is 109 cm³/mol. The highest BCUT2D eigenvalue weighted by Crippen LogP contribution is 2.29. The predicted octanol–water partition coefficient (Wildman–Crippen LogP) is 3.52. The second-order valence-corrected chi connectivity index (χ2v) is 7.58. The van der Waals surface area contributed by atoms with Crippen molar-refractivity contribution in [2.75, 3.05) is 26.3 Å². The lowest BCUT2D eigenvalue weighted by Gasteiger charge is -2.35. The molecular weight excluding hydrogens is 366 g/mol. The fourth-order valence-corrected chi connectivity index (χ4v) is 4.25. The summed E-state index contributed by atoms with van der Waals surface area (Å²) in [6.07, 6.45) is 5.30. The molecule has 0 N–H and O–H groups in total. The van der Waals surface area contributed by atoms with E-state index in [1.165, 1.54) is 0 Å². The molecule has 1 amide bonds. The number of rotatable bonds is 3. The summed E-state index contributed by atoms with van der Waals surface area (Å²) in [5, 5.41) is 0.876. The van der Waals surface area contributed by atoms with E-state index >= 15 is 0 Å². The van der Waals surface area contributed by atoms with E-state index in [1.54, 1.807) is 12.4 Å². The summed E-state index contributed by atoms with van der Waals surface area (Å²) in [6, 6.07) is 13.5. The van der Waals surface area contributed by atoms with Gasteiger partial charge in [0.25, 0.3) is 5.91 Å². The van der Waals surface area contributed by atoms with Gasteiger partial charge in [0, 0.05) is 42.4 Å². The van der Waals surface area contributed by atoms with Crippen LogP contribution in [0.3, 0.4) is 0 Å². The Morgan fingerprint density at radius 1 is 1.10 bits per heavy atom. The van der Waals surface area contributed by atoms with Crippen molar-refractivity contribution >= 4 is 16.8 Å². The molecule has 0 aliphatic carbocycles. The van der Waals surface area contributed by atoms with Crippen molar-refractivity contribution in [2.45, 2.75) is 19.1 Å². The molecule has 2 fully saturated rings. The normalized spacial score (nSPS) is 20.3. The first kappa shape index (κ1) is 18.2. The monoisotopic (exact) mass is 389 g/mol.